The van der Waals surface area contributed by atoms with Crippen molar-refractivity contribution in [2.24, 2.45) is 5.92 Å². The maximum atomic E-state index is 5.70. The van der Waals surface area contributed by atoms with E-state index in [4.69, 9.17) is 11.2 Å². The van der Waals surface area contributed by atoms with Crippen LogP contribution in [0.3, 0.4) is 0 Å². The molecule has 0 aliphatic rings. The normalized spacial score (nSPS) is 10.8. The van der Waals surface area contributed by atoms with Crippen molar-refractivity contribution >= 4 is 10.8 Å². The molecule has 0 saturated carbocycles. The smallest absolute Gasteiger partial charge is 0.148 e. The van der Waals surface area contributed by atoms with Crippen LogP contribution in [0.1, 0.15) is 25.8 Å². The van der Waals surface area contributed by atoms with E-state index in [1.54, 1.807) is 0 Å². The first-order valence-corrected chi connectivity index (χ1v) is 7.50. The summed E-state index contributed by atoms with van der Waals surface area (Å²) in [6, 6.07) is 12.5. The van der Waals surface area contributed by atoms with E-state index in [0.717, 1.165) is 18.8 Å². The molecule has 0 radical (unpaired) electrons. The number of nitrogens with one attached hydrogen (secondary N) is 1. The van der Waals surface area contributed by atoms with Gasteiger partial charge in [-0.1, -0.05) is 50.1 Å². The summed E-state index contributed by atoms with van der Waals surface area (Å²) in [5.41, 5.74) is 1.19. The van der Waals surface area contributed by atoms with E-state index in [2.05, 4.69) is 55.4 Å². The average Bonchev–Trinajstić information content (AvgIpc) is 2.49. The molecule has 0 aromatic heterocycles. The summed E-state index contributed by atoms with van der Waals surface area (Å²) >= 11 is 0. The molecular weight excluding hydrogens is 258 g/mol. The minimum Gasteiger partial charge on any atom is -0.481 e. The van der Waals surface area contributed by atoms with Gasteiger partial charge >= 0.3 is 0 Å². The lowest BCUT2D eigenvalue weighted by atomic mass is 10.0. The molecule has 110 valence electrons. The van der Waals surface area contributed by atoms with Gasteiger partial charge in [0.05, 0.1) is 0 Å². The van der Waals surface area contributed by atoms with Gasteiger partial charge in [0.15, 0.2) is 0 Å². The fourth-order valence-corrected chi connectivity index (χ4v) is 2.36. The second-order valence-electron chi connectivity index (χ2n) is 5.62. The van der Waals surface area contributed by atoms with Gasteiger partial charge in [0.1, 0.15) is 12.4 Å². The molecular formula is C19H23NO. The van der Waals surface area contributed by atoms with Gasteiger partial charge in [0.2, 0.25) is 0 Å². The van der Waals surface area contributed by atoms with Crippen molar-refractivity contribution in [2.45, 2.75) is 26.8 Å². The van der Waals surface area contributed by atoms with E-state index in [9.17, 15) is 0 Å². The van der Waals surface area contributed by atoms with Crippen LogP contribution >= 0.6 is 0 Å². The van der Waals surface area contributed by atoms with E-state index >= 15 is 0 Å². The second-order valence-corrected chi connectivity index (χ2v) is 5.62. The fraction of sp³-hybridized carbons (Fsp3) is 0.368. The molecule has 2 aromatic rings. The lowest BCUT2D eigenvalue weighted by Gasteiger charge is -2.14. The second kappa shape index (κ2) is 7.71. The summed E-state index contributed by atoms with van der Waals surface area (Å²) in [6.07, 6.45) is 6.48. The minimum atomic E-state index is 0.303. The molecule has 0 amide bonds. The van der Waals surface area contributed by atoms with Crippen molar-refractivity contribution in [2.75, 3.05) is 13.2 Å². The van der Waals surface area contributed by atoms with Gasteiger partial charge in [-0.15, -0.1) is 6.42 Å². The molecule has 0 atom stereocenters. The maximum Gasteiger partial charge on any atom is 0.148 e. The Morgan fingerprint density at radius 3 is 2.76 bits per heavy atom. The number of fused-ring (bicyclic) bond motifs is 1. The van der Waals surface area contributed by atoms with Gasteiger partial charge in [-0.3, -0.25) is 0 Å². The zero-order valence-corrected chi connectivity index (χ0v) is 12.9. The first-order valence-electron chi connectivity index (χ1n) is 7.50. The van der Waals surface area contributed by atoms with Crippen LogP contribution in [0.2, 0.25) is 0 Å². The summed E-state index contributed by atoms with van der Waals surface area (Å²) in [6.45, 7) is 6.59. The Morgan fingerprint density at radius 1 is 1.19 bits per heavy atom. The van der Waals surface area contributed by atoms with Crippen molar-refractivity contribution in [3.63, 3.8) is 0 Å². The molecule has 2 heteroatoms. The zero-order valence-electron chi connectivity index (χ0n) is 12.9. The highest BCUT2D eigenvalue weighted by molar-refractivity contribution is 5.87. The van der Waals surface area contributed by atoms with Gasteiger partial charge in [0.25, 0.3) is 0 Å². The highest BCUT2D eigenvalue weighted by Crippen LogP contribution is 2.28. The Bertz CT molecular complexity index is 625. The molecule has 0 saturated heterocycles. The molecule has 2 rings (SSSR count). The molecule has 0 bridgehead atoms. The molecule has 1 N–H and O–H groups in total. The summed E-state index contributed by atoms with van der Waals surface area (Å²) in [4.78, 5) is 0. The summed E-state index contributed by atoms with van der Waals surface area (Å²) < 4.78 is 5.70. The molecule has 0 aliphatic heterocycles. The van der Waals surface area contributed by atoms with E-state index in [-0.39, 0.29) is 0 Å². The largest absolute Gasteiger partial charge is 0.481 e. The molecule has 0 unspecified atom stereocenters. The lowest BCUT2D eigenvalue weighted by molar-refractivity contribution is 0.365. The fourth-order valence-electron chi connectivity index (χ4n) is 2.36. The molecule has 0 heterocycles. The Labute approximate surface area is 127 Å². The van der Waals surface area contributed by atoms with Crippen LogP contribution in [0.5, 0.6) is 5.75 Å². The molecule has 2 nitrogen and oxygen atoms in total. The van der Waals surface area contributed by atoms with Crippen LogP contribution < -0.4 is 10.1 Å². The minimum absolute atomic E-state index is 0.303. The van der Waals surface area contributed by atoms with Gasteiger partial charge in [-0.2, -0.15) is 0 Å². The first kappa shape index (κ1) is 15.4. The number of rotatable bonds is 7. The quantitative estimate of drug-likeness (QED) is 0.612. The van der Waals surface area contributed by atoms with Crippen molar-refractivity contribution in [1.29, 1.82) is 0 Å². The standard InChI is InChI=1S/C19H23NO/c1-4-13-21-19-10-9-16-7-5-6-8-17(16)18(19)14-20-12-11-15(2)3/h1,5-10,15,20H,11-14H2,2-3H3. The van der Waals surface area contributed by atoms with Crippen molar-refractivity contribution in [3.8, 4) is 18.1 Å². The first-order chi connectivity index (χ1) is 10.2. The van der Waals surface area contributed by atoms with Crippen LogP contribution in [0.15, 0.2) is 36.4 Å². The Morgan fingerprint density at radius 2 is 2.00 bits per heavy atom. The SMILES string of the molecule is C#CCOc1ccc2ccccc2c1CNCCC(C)C. The van der Waals surface area contributed by atoms with Crippen LogP contribution in [0, 0.1) is 18.3 Å². The van der Waals surface area contributed by atoms with Crippen molar-refractivity contribution < 1.29 is 4.74 Å². The molecule has 0 aliphatic carbocycles. The monoisotopic (exact) mass is 281 g/mol. The van der Waals surface area contributed by atoms with E-state index in [1.807, 2.05) is 6.07 Å². The number of ether oxygens (including phenoxy) is 1. The zero-order chi connectivity index (χ0) is 15.1. The molecule has 0 fully saturated rings. The van der Waals surface area contributed by atoms with E-state index in [1.165, 1.54) is 22.8 Å². The van der Waals surface area contributed by atoms with Crippen molar-refractivity contribution in [3.05, 3.63) is 42.0 Å². The van der Waals surface area contributed by atoms with E-state index < -0.39 is 0 Å². The number of terminal acetylenes is 1. The number of benzene rings is 2. The summed E-state index contributed by atoms with van der Waals surface area (Å²) in [5, 5.41) is 5.96. The van der Waals surface area contributed by atoms with Gasteiger partial charge < -0.3 is 10.1 Å². The van der Waals surface area contributed by atoms with Crippen LogP contribution in [0.4, 0.5) is 0 Å². The third-order valence-electron chi connectivity index (χ3n) is 3.51. The molecule has 0 spiro atoms. The topological polar surface area (TPSA) is 21.3 Å². The lowest BCUT2D eigenvalue weighted by Crippen LogP contribution is -2.17. The van der Waals surface area contributed by atoms with E-state index in [0.29, 0.717) is 12.5 Å². The van der Waals surface area contributed by atoms with Crippen LogP contribution in [-0.4, -0.2) is 13.2 Å². The number of hydrogen-bond donors (Lipinski definition) is 1. The third kappa shape index (κ3) is 4.24. The average molecular weight is 281 g/mol. The maximum absolute atomic E-state index is 5.70. The summed E-state index contributed by atoms with van der Waals surface area (Å²) in [5.74, 6) is 4.12. The summed E-state index contributed by atoms with van der Waals surface area (Å²) in [7, 11) is 0. The predicted molar refractivity (Wildman–Crippen MR) is 89.4 cm³/mol. The molecule has 2 aromatic carbocycles. The Hall–Kier alpha value is -1.98. The molecule has 21 heavy (non-hydrogen) atoms. The van der Waals surface area contributed by atoms with Crippen LogP contribution in [0.25, 0.3) is 10.8 Å². The van der Waals surface area contributed by atoms with Crippen LogP contribution in [-0.2, 0) is 6.54 Å². The van der Waals surface area contributed by atoms with Gasteiger partial charge in [-0.05, 0) is 35.7 Å². The third-order valence-corrected chi connectivity index (χ3v) is 3.51. The Kier molecular flexibility index (Phi) is 5.66. The van der Waals surface area contributed by atoms with Gasteiger partial charge in [0, 0.05) is 12.1 Å². The number of hydrogen-bond acceptors (Lipinski definition) is 2. The highest BCUT2D eigenvalue weighted by atomic mass is 16.5. The predicted octanol–water partition coefficient (Wildman–Crippen LogP) is 3.99. The van der Waals surface area contributed by atoms with Crippen molar-refractivity contribution in [1.82, 2.24) is 5.32 Å². The van der Waals surface area contributed by atoms with Gasteiger partial charge in [-0.25, -0.2) is 0 Å². The Balaban J connectivity index is 2.21. The highest BCUT2D eigenvalue weighted by Gasteiger charge is 2.08.